The van der Waals surface area contributed by atoms with Crippen molar-refractivity contribution >= 4 is 10.0 Å². The fourth-order valence-corrected chi connectivity index (χ4v) is 3.98. The second kappa shape index (κ2) is 6.37. The molecule has 0 aliphatic rings. The molecule has 132 valence electrons. The van der Waals surface area contributed by atoms with E-state index < -0.39 is 27.5 Å². The minimum Gasteiger partial charge on any atom is -0.323 e. The highest BCUT2D eigenvalue weighted by molar-refractivity contribution is 7.89. The van der Waals surface area contributed by atoms with Gasteiger partial charge in [0.15, 0.2) is 5.82 Å². The zero-order valence-electron chi connectivity index (χ0n) is 13.4. The average Bonchev–Trinajstić information content (AvgIpc) is 3.14. The van der Waals surface area contributed by atoms with Gasteiger partial charge in [-0.05, 0) is 19.2 Å². The van der Waals surface area contributed by atoms with Gasteiger partial charge in [0, 0.05) is 43.9 Å². The largest absolute Gasteiger partial charge is 0.323 e. The van der Waals surface area contributed by atoms with E-state index in [1.54, 1.807) is 7.05 Å². The third-order valence-corrected chi connectivity index (χ3v) is 5.29. The lowest BCUT2D eigenvalue weighted by Crippen LogP contribution is -2.18. The Hall–Kier alpha value is -2.59. The van der Waals surface area contributed by atoms with Crippen molar-refractivity contribution in [1.29, 1.82) is 0 Å². The van der Waals surface area contributed by atoms with Gasteiger partial charge >= 0.3 is 10.0 Å². The molecule has 0 spiro atoms. The number of hydrogen-bond donors (Lipinski definition) is 1. The standard InChI is InChI=1S/C15H15F2N5O2S/c1-18-8-10-9-22(25(23,24)15-20-6-7-21(15)2)13(12(10)16)11-4-3-5-19-14(11)17/h3-7,9,18H,8H2,1-2H3. The fraction of sp³-hybridized carbons (Fsp3) is 0.200. The third-order valence-electron chi connectivity index (χ3n) is 3.63. The number of imidazole rings is 1. The molecule has 0 unspecified atom stereocenters. The van der Waals surface area contributed by atoms with Gasteiger partial charge in [-0.15, -0.1) is 0 Å². The van der Waals surface area contributed by atoms with Crippen LogP contribution in [0.5, 0.6) is 0 Å². The Bertz CT molecular complexity index is 1030. The predicted octanol–water partition coefficient (Wildman–Crippen LogP) is 1.52. The van der Waals surface area contributed by atoms with Crippen LogP contribution >= 0.6 is 0 Å². The lowest BCUT2D eigenvalue weighted by molar-refractivity contribution is 0.565. The lowest BCUT2D eigenvalue weighted by atomic mass is 10.2. The monoisotopic (exact) mass is 367 g/mol. The van der Waals surface area contributed by atoms with Gasteiger partial charge < -0.3 is 9.88 Å². The number of pyridine rings is 1. The molecule has 25 heavy (non-hydrogen) atoms. The molecule has 3 heterocycles. The Morgan fingerprint density at radius 1 is 1.24 bits per heavy atom. The lowest BCUT2D eigenvalue weighted by Gasteiger charge is -2.10. The van der Waals surface area contributed by atoms with E-state index in [-0.39, 0.29) is 22.8 Å². The summed E-state index contributed by atoms with van der Waals surface area (Å²) in [6.07, 6.45) is 5.08. The minimum atomic E-state index is -4.24. The summed E-state index contributed by atoms with van der Waals surface area (Å²) in [6, 6.07) is 2.68. The summed E-state index contributed by atoms with van der Waals surface area (Å²) in [5, 5.41) is 2.46. The van der Waals surface area contributed by atoms with Gasteiger partial charge in [-0.3, -0.25) is 0 Å². The van der Waals surface area contributed by atoms with Gasteiger partial charge in [0.2, 0.25) is 11.1 Å². The zero-order chi connectivity index (χ0) is 18.2. The van der Waals surface area contributed by atoms with Crippen molar-refractivity contribution in [3.8, 4) is 11.3 Å². The van der Waals surface area contributed by atoms with E-state index in [9.17, 15) is 17.2 Å². The van der Waals surface area contributed by atoms with Crippen LogP contribution in [0.2, 0.25) is 0 Å². The predicted molar refractivity (Wildman–Crippen MR) is 86.1 cm³/mol. The molecule has 0 saturated carbocycles. The average molecular weight is 367 g/mol. The van der Waals surface area contributed by atoms with Crippen LogP contribution < -0.4 is 5.32 Å². The Morgan fingerprint density at radius 2 is 2.00 bits per heavy atom. The molecule has 0 aliphatic carbocycles. The molecule has 0 radical (unpaired) electrons. The molecular weight excluding hydrogens is 352 g/mol. The van der Waals surface area contributed by atoms with Crippen molar-refractivity contribution in [1.82, 2.24) is 23.8 Å². The Morgan fingerprint density at radius 3 is 2.60 bits per heavy atom. The summed E-state index contributed by atoms with van der Waals surface area (Å²) in [4.78, 5) is 7.29. The summed E-state index contributed by atoms with van der Waals surface area (Å²) < 4.78 is 56.9. The second-order valence-corrected chi connectivity index (χ2v) is 7.02. The minimum absolute atomic E-state index is 0.0732. The number of nitrogens with zero attached hydrogens (tertiary/aromatic N) is 4. The highest BCUT2D eigenvalue weighted by Crippen LogP contribution is 2.31. The SMILES string of the molecule is CNCc1cn(S(=O)(=O)c2nccn2C)c(-c2cccnc2F)c1F. The van der Waals surface area contributed by atoms with Crippen molar-refractivity contribution < 1.29 is 17.2 Å². The van der Waals surface area contributed by atoms with E-state index in [1.807, 2.05) is 0 Å². The molecule has 0 fully saturated rings. The molecule has 0 amide bonds. The second-order valence-electron chi connectivity index (χ2n) is 5.31. The molecule has 3 aromatic rings. The molecule has 0 bridgehead atoms. The molecule has 0 aromatic carbocycles. The van der Waals surface area contributed by atoms with Crippen molar-refractivity contribution in [3.63, 3.8) is 0 Å². The van der Waals surface area contributed by atoms with Gasteiger partial charge in [-0.2, -0.15) is 12.8 Å². The molecule has 0 aliphatic heterocycles. The molecule has 0 atom stereocenters. The maximum absolute atomic E-state index is 14.9. The van der Waals surface area contributed by atoms with Crippen LogP contribution in [-0.4, -0.2) is 34.0 Å². The summed E-state index contributed by atoms with van der Waals surface area (Å²) in [5.41, 5.74) is -0.586. The van der Waals surface area contributed by atoms with E-state index in [0.717, 1.165) is 6.20 Å². The number of nitrogens with one attached hydrogen (secondary N) is 1. The number of aryl methyl sites for hydroxylation is 1. The molecule has 0 saturated heterocycles. The van der Waals surface area contributed by atoms with Crippen LogP contribution in [0.25, 0.3) is 11.3 Å². The quantitative estimate of drug-likeness (QED) is 0.692. The van der Waals surface area contributed by atoms with Gasteiger partial charge in [0.1, 0.15) is 5.69 Å². The Balaban J connectivity index is 2.32. The molecule has 3 rings (SSSR count). The summed E-state index contributed by atoms with van der Waals surface area (Å²) in [6.45, 7) is 0.0732. The van der Waals surface area contributed by atoms with E-state index in [4.69, 9.17) is 0 Å². The maximum Gasteiger partial charge on any atom is 0.302 e. The number of aromatic nitrogens is 4. The maximum atomic E-state index is 14.9. The molecule has 3 aromatic heterocycles. The first-order valence-corrected chi connectivity index (χ1v) is 8.70. The van der Waals surface area contributed by atoms with Gasteiger partial charge in [0.05, 0.1) is 5.56 Å². The van der Waals surface area contributed by atoms with Crippen LogP contribution in [0, 0.1) is 11.8 Å². The Kier molecular flexibility index (Phi) is 4.39. The molecule has 7 nitrogen and oxygen atoms in total. The summed E-state index contributed by atoms with van der Waals surface area (Å²) in [5.74, 6) is -1.80. The first-order valence-electron chi connectivity index (χ1n) is 7.26. The summed E-state index contributed by atoms with van der Waals surface area (Å²) >= 11 is 0. The van der Waals surface area contributed by atoms with Gasteiger partial charge in [-0.1, -0.05) is 0 Å². The topological polar surface area (TPSA) is 81.8 Å². The van der Waals surface area contributed by atoms with E-state index in [2.05, 4.69) is 15.3 Å². The van der Waals surface area contributed by atoms with Crippen LogP contribution in [0.3, 0.4) is 0 Å². The summed E-state index contributed by atoms with van der Waals surface area (Å²) in [7, 11) is -1.15. The fourth-order valence-electron chi connectivity index (χ4n) is 2.50. The Labute approximate surface area is 143 Å². The molecular formula is C15H15F2N5O2S. The van der Waals surface area contributed by atoms with Crippen LogP contribution in [0.1, 0.15) is 5.56 Å². The highest BCUT2D eigenvalue weighted by Gasteiger charge is 2.30. The van der Waals surface area contributed by atoms with Gasteiger partial charge in [0.25, 0.3) is 0 Å². The van der Waals surface area contributed by atoms with Crippen molar-refractivity contribution in [2.24, 2.45) is 7.05 Å². The van der Waals surface area contributed by atoms with E-state index in [0.29, 0.717) is 3.97 Å². The van der Waals surface area contributed by atoms with E-state index in [1.165, 1.54) is 42.3 Å². The van der Waals surface area contributed by atoms with Crippen molar-refractivity contribution in [2.75, 3.05) is 7.05 Å². The van der Waals surface area contributed by atoms with Crippen LogP contribution in [0.4, 0.5) is 8.78 Å². The number of rotatable bonds is 5. The van der Waals surface area contributed by atoms with E-state index >= 15 is 0 Å². The van der Waals surface area contributed by atoms with Crippen LogP contribution in [-0.2, 0) is 23.6 Å². The van der Waals surface area contributed by atoms with Crippen LogP contribution in [0.15, 0.2) is 42.1 Å². The molecule has 10 heteroatoms. The normalized spacial score (nSPS) is 11.8. The molecule has 1 N–H and O–H groups in total. The third kappa shape index (κ3) is 2.83. The number of hydrogen-bond acceptors (Lipinski definition) is 5. The van der Waals surface area contributed by atoms with Crippen molar-refractivity contribution in [3.05, 3.63) is 54.2 Å². The van der Waals surface area contributed by atoms with Crippen molar-refractivity contribution in [2.45, 2.75) is 11.7 Å². The first-order chi connectivity index (χ1) is 11.9. The first kappa shape index (κ1) is 17.2. The smallest absolute Gasteiger partial charge is 0.302 e. The number of halogens is 2. The zero-order valence-corrected chi connectivity index (χ0v) is 14.3. The highest BCUT2D eigenvalue weighted by atomic mass is 32.2. The van der Waals surface area contributed by atoms with Gasteiger partial charge in [-0.25, -0.2) is 18.3 Å².